The van der Waals surface area contributed by atoms with Crippen molar-refractivity contribution >= 4 is 5.97 Å². The SMILES string of the molecule is O=C(OC1CCCCC1)C(c1nn[nH]n1)(C1CCCCC1)C1CCCCC1. The molecule has 0 aliphatic heterocycles. The second-order valence-corrected chi connectivity index (χ2v) is 8.94. The molecule has 6 heteroatoms. The average molecular weight is 375 g/mol. The Morgan fingerprint density at radius 2 is 1.33 bits per heavy atom. The summed E-state index contributed by atoms with van der Waals surface area (Å²) in [7, 11) is 0. The van der Waals surface area contributed by atoms with Gasteiger partial charge in [-0.1, -0.05) is 50.2 Å². The smallest absolute Gasteiger partial charge is 0.320 e. The number of nitrogens with zero attached hydrogens (tertiary/aromatic N) is 3. The summed E-state index contributed by atoms with van der Waals surface area (Å²) in [5, 5.41) is 15.3. The van der Waals surface area contributed by atoms with Crippen molar-refractivity contribution in [1.29, 1.82) is 0 Å². The molecule has 1 heterocycles. The molecule has 0 atom stereocenters. The first-order chi connectivity index (χ1) is 13.3. The van der Waals surface area contributed by atoms with Crippen LogP contribution in [-0.4, -0.2) is 32.7 Å². The highest BCUT2D eigenvalue weighted by molar-refractivity contribution is 5.83. The van der Waals surface area contributed by atoms with Crippen LogP contribution in [0.4, 0.5) is 0 Å². The number of carbonyl (C=O) groups excluding carboxylic acids is 1. The molecular weight excluding hydrogens is 340 g/mol. The Morgan fingerprint density at radius 1 is 0.815 bits per heavy atom. The Morgan fingerprint density at radius 3 is 1.81 bits per heavy atom. The zero-order chi connectivity index (χ0) is 18.5. The molecule has 3 fully saturated rings. The normalized spacial score (nSPS) is 24.0. The van der Waals surface area contributed by atoms with E-state index < -0.39 is 5.41 Å². The zero-order valence-corrected chi connectivity index (χ0v) is 16.5. The van der Waals surface area contributed by atoms with Crippen LogP contribution >= 0.6 is 0 Å². The van der Waals surface area contributed by atoms with Gasteiger partial charge in [-0.2, -0.15) is 5.21 Å². The van der Waals surface area contributed by atoms with E-state index in [9.17, 15) is 4.79 Å². The zero-order valence-electron chi connectivity index (χ0n) is 16.5. The van der Waals surface area contributed by atoms with Gasteiger partial charge in [0.05, 0.1) is 0 Å². The van der Waals surface area contributed by atoms with Gasteiger partial charge in [0.2, 0.25) is 0 Å². The van der Waals surface area contributed by atoms with Crippen molar-refractivity contribution in [2.75, 3.05) is 0 Å². The Hall–Kier alpha value is -1.46. The molecule has 0 radical (unpaired) electrons. The van der Waals surface area contributed by atoms with Crippen LogP contribution in [0.1, 0.15) is 102 Å². The van der Waals surface area contributed by atoms with E-state index in [1.165, 1.54) is 57.8 Å². The Balaban J connectivity index is 1.70. The number of nitrogens with one attached hydrogen (secondary N) is 1. The summed E-state index contributed by atoms with van der Waals surface area (Å²) in [6.07, 6.45) is 17.3. The number of aromatic amines is 1. The van der Waals surface area contributed by atoms with Gasteiger partial charge < -0.3 is 4.74 Å². The largest absolute Gasteiger partial charge is 0.462 e. The van der Waals surface area contributed by atoms with Gasteiger partial charge in [-0.25, -0.2) is 0 Å². The van der Waals surface area contributed by atoms with Gasteiger partial charge in [0.25, 0.3) is 0 Å². The lowest BCUT2D eigenvalue weighted by atomic mass is 9.58. The summed E-state index contributed by atoms with van der Waals surface area (Å²) >= 11 is 0. The van der Waals surface area contributed by atoms with E-state index in [1.54, 1.807) is 0 Å². The van der Waals surface area contributed by atoms with Crippen LogP contribution in [0.5, 0.6) is 0 Å². The number of hydrogen-bond donors (Lipinski definition) is 1. The van der Waals surface area contributed by atoms with E-state index in [0.29, 0.717) is 5.82 Å². The first-order valence-electron chi connectivity index (χ1n) is 11.3. The summed E-state index contributed by atoms with van der Waals surface area (Å²) in [5.41, 5.74) is -0.703. The van der Waals surface area contributed by atoms with Crippen LogP contribution in [0.3, 0.4) is 0 Å². The highest BCUT2D eigenvalue weighted by Crippen LogP contribution is 2.50. The number of tetrazole rings is 1. The molecule has 3 aliphatic carbocycles. The lowest BCUT2D eigenvalue weighted by Gasteiger charge is -2.45. The van der Waals surface area contributed by atoms with Gasteiger partial charge in [-0.05, 0) is 63.2 Å². The van der Waals surface area contributed by atoms with Crippen molar-refractivity contribution in [3.8, 4) is 0 Å². The summed E-state index contributed by atoms with van der Waals surface area (Å²) in [4.78, 5) is 13.9. The van der Waals surface area contributed by atoms with Gasteiger partial charge in [-0.3, -0.25) is 4.79 Å². The molecule has 1 N–H and O–H groups in total. The topological polar surface area (TPSA) is 80.8 Å². The number of H-pyrrole nitrogens is 1. The fourth-order valence-electron chi connectivity index (χ4n) is 6.01. The quantitative estimate of drug-likeness (QED) is 0.769. The van der Waals surface area contributed by atoms with Gasteiger partial charge >= 0.3 is 5.97 Å². The molecular formula is C21H34N4O2. The number of rotatable bonds is 5. The van der Waals surface area contributed by atoms with Crippen molar-refractivity contribution in [2.45, 2.75) is 108 Å². The minimum atomic E-state index is -0.703. The highest BCUT2D eigenvalue weighted by atomic mass is 16.5. The first-order valence-corrected chi connectivity index (χ1v) is 11.3. The summed E-state index contributed by atoms with van der Waals surface area (Å²) in [6.45, 7) is 0. The lowest BCUT2D eigenvalue weighted by Crippen LogP contribution is -2.53. The van der Waals surface area contributed by atoms with E-state index in [2.05, 4.69) is 20.6 Å². The van der Waals surface area contributed by atoms with Gasteiger partial charge in [0.1, 0.15) is 11.5 Å². The third-order valence-corrected chi connectivity index (χ3v) is 7.38. The van der Waals surface area contributed by atoms with Crippen LogP contribution in [-0.2, 0) is 14.9 Å². The van der Waals surface area contributed by atoms with Crippen LogP contribution in [0, 0.1) is 11.8 Å². The molecule has 150 valence electrons. The van der Waals surface area contributed by atoms with Crippen molar-refractivity contribution in [1.82, 2.24) is 20.6 Å². The molecule has 3 aliphatic rings. The molecule has 6 nitrogen and oxygen atoms in total. The first kappa shape index (κ1) is 18.9. The molecule has 0 unspecified atom stereocenters. The molecule has 0 spiro atoms. The molecule has 1 aromatic rings. The monoisotopic (exact) mass is 374 g/mol. The minimum absolute atomic E-state index is 0.0467. The van der Waals surface area contributed by atoms with Crippen LogP contribution in [0.25, 0.3) is 0 Å². The maximum atomic E-state index is 13.9. The molecule has 0 aromatic carbocycles. The van der Waals surface area contributed by atoms with Crippen molar-refractivity contribution in [2.24, 2.45) is 11.8 Å². The van der Waals surface area contributed by atoms with Gasteiger partial charge in [0, 0.05) is 0 Å². The summed E-state index contributed by atoms with van der Waals surface area (Å²) < 4.78 is 6.23. The van der Waals surface area contributed by atoms with Crippen molar-refractivity contribution in [3.05, 3.63) is 5.82 Å². The van der Waals surface area contributed by atoms with Crippen LogP contribution in [0.2, 0.25) is 0 Å². The molecule has 0 bridgehead atoms. The van der Waals surface area contributed by atoms with Crippen LogP contribution in [0.15, 0.2) is 0 Å². The highest BCUT2D eigenvalue weighted by Gasteiger charge is 2.57. The van der Waals surface area contributed by atoms with Gasteiger partial charge in [0.15, 0.2) is 5.82 Å². The van der Waals surface area contributed by atoms with Crippen molar-refractivity contribution in [3.63, 3.8) is 0 Å². The maximum Gasteiger partial charge on any atom is 0.320 e. The Labute approximate surface area is 162 Å². The molecule has 27 heavy (non-hydrogen) atoms. The number of aromatic nitrogens is 4. The number of ether oxygens (including phenoxy) is 1. The Bertz CT molecular complexity index is 567. The van der Waals surface area contributed by atoms with E-state index in [1.807, 2.05) is 0 Å². The van der Waals surface area contributed by atoms with E-state index in [4.69, 9.17) is 4.74 Å². The molecule has 0 amide bonds. The Kier molecular flexibility index (Phi) is 6.08. The molecule has 0 saturated heterocycles. The maximum absolute atomic E-state index is 13.9. The predicted molar refractivity (Wildman–Crippen MR) is 102 cm³/mol. The molecule has 3 saturated carbocycles. The van der Waals surface area contributed by atoms with Gasteiger partial charge in [-0.15, -0.1) is 10.2 Å². The van der Waals surface area contributed by atoms with Crippen LogP contribution < -0.4 is 0 Å². The standard InChI is InChI=1S/C21H34N4O2/c26-20(27-18-14-8-3-9-15-18)21(19-22-24-25-23-19,16-10-4-1-5-11-16)17-12-6-2-7-13-17/h16-18H,1-15H2,(H,22,23,24,25). The summed E-state index contributed by atoms with van der Waals surface area (Å²) in [5.74, 6) is 1.11. The fourth-order valence-corrected chi connectivity index (χ4v) is 6.01. The molecule has 4 rings (SSSR count). The number of carbonyl (C=O) groups is 1. The van der Waals surface area contributed by atoms with E-state index in [-0.39, 0.29) is 23.9 Å². The second kappa shape index (κ2) is 8.70. The third kappa shape index (κ3) is 3.77. The lowest BCUT2D eigenvalue weighted by molar-refractivity contribution is -0.166. The number of esters is 1. The predicted octanol–water partition coefficient (Wildman–Crippen LogP) is 4.47. The summed E-state index contributed by atoms with van der Waals surface area (Å²) in [6, 6.07) is 0. The van der Waals surface area contributed by atoms with Crippen molar-refractivity contribution < 1.29 is 9.53 Å². The number of hydrogen-bond acceptors (Lipinski definition) is 5. The van der Waals surface area contributed by atoms with E-state index >= 15 is 0 Å². The average Bonchev–Trinajstić information content (AvgIpc) is 3.26. The minimum Gasteiger partial charge on any atom is -0.462 e. The fraction of sp³-hybridized carbons (Fsp3) is 0.905. The molecule has 1 aromatic heterocycles. The third-order valence-electron chi connectivity index (χ3n) is 7.38. The van der Waals surface area contributed by atoms with E-state index in [0.717, 1.165) is 38.5 Å². The second-order valence-electron chi connectivity index (χ2n) is 8.94.